The van der Waals surface area contributed by atoms with Crippen LogP contribution in [0.25, 0.3) is 43.4 Å². The van der Waals surface area contributed by atoms with Gasteiger partial charge in [0.05, 0.1) is 0 Å². The van der Waals surface area contributed by atoms with Crippen LogP contribution < -0.4 is 31.0 Å². The number of nitrogens with zero attached hydrogens (tertiary/aromatic N) is 4. The van der Waals surface area contributed by atoms with Crippen LogP contribution in [-0.2, 0) is 0 Å². The summed E-state index contributed by atoms with van der Waals surface area (Å²) in [6.07, 6.45) is 3.86. The summed E-state index contributed by atoms with van der Waals surface area (Å²) in [5.41, 5.74) is 7.90. The molecule has 0 amide bonds. The molecule has 2 aromatic heterocycles. The second-order valence-corrected chi connectivity index (χ2v) is 22.8. The van der Waals surface area contributed by atoms with E-state index in [0.717, 1.165) is 21.8 Å². The number of hydrogen-bond acceptors (Lipinski definition) is 4. The normalized spacial score (nSPS) is 16.3. The summed E-state index contributed by atoms with van der Waals surface area (Å²) in [6.45, 7) is 12.3. The second-order valence-electron chi connectivity index (χ2n) is 15.4. The third-order valence-electron chi connectivity index (χ3n) is 11.9. The molecule has 0 fully saturated rings. The van der Waals surface area contributed by atoms with Crippen LogP contribution in [0.5, 0.6) is 0 Å². The van der Waals surface area contributed by atoms with Crippen LogP contribution in [-0.4, -0.2) is 42.0 Å². The van der Waals surface area contributed by atoms with E-state index in [1.165, 1.54) is 65.5 Å². The van der Waals surface area contributed by atoms with Crippen molar-refractivity contribution in [2.75, 3.05) is 30.6 Å². The molecule has 9 rings (SSSR count). The molecule has 0 aliphatic carbocycles. The van der Waals surface area contributed by atoms with E-state index in [0.29, 0.717) is 11.3 Å². The number of aromatic nitrogens is 2. The molecular formula is C47H46N4P2. The SMILES string of the molecule is CC(C)P1c2cc3ccccc3cc2N(C)c2cc3ccccc3cc2[PH](C)(C(C)C)c2cc3ncccc3cc2N(C)c2cc3cccnc3cc21. The monoisotopic (exact) mass is 728 g/mol. The van der Waals surface area contributed by atoms with Gasteiger partial charge in [-0.1, -0.05) is 0 Å². The van der Waals surface area contributed by atoms with Crippen LogP contribution in [0.15, 0.2) is 134 Å². The minimum absolute atomic E-state index is 0.362. The van der Waals surface area contributed by atoms with Gasteiger partial charge in [-0.05, 0) is 0 Å². The predicted molar refractivity (Wildman–Crippen MR) is 237 cm³/mol. The van der Waals surface area contributed by atoms with Gasteiger partial charge in [0.25, 0.3) is 0 Å². The topological polar surface area (TPSA) is 32.3 Å². The Kier molecular flexibility index (Phi) is 8.26. The van der Waals surface area contributed by atoms with Crippen LogP contribution >= 0.6 is 15.2 Å². The molecule has 0 radical (unpaired) electrons. The van der Waals surface area contributed by atoms with Crippen molar-refractivity contribution in [3.63, 3.8) is 0 Å². The van der Waals surface area contributed by atoms with Crippen LogP contribution in [0, 0.1) is 0 Å². The van der Waals surface area contributed by atoms with Crippen LogP contribution in [0.2, 0.25) is 0 Å². The van der Waals surface area contributed by atoms with Gasteiger partial charge in [0.15, 0.2) is 0 Å². The first-order valence-corrected chi connectivity index (χ1v) is 22.7. The fourth-order valence-corrected chi connectivity index (χ4v) is 15.5. The number of benzene rings is 6. The summed E-state index contributed by atoms with van der Waals surface area (Å²) in [4.78, 5) is 14.9. The van der Waals surface area contributed by atoms with Crippen molar-refractivity contribution in [2.45, 2.75) is 39.0 Å². The Bertz CT molecular complexity index is 2540. The molecule has 0 saturated carbocycles. The third-order valence-corrected chi connectivity index (χ3v) is 20.0. The summed E-state index contributed by atoms with van der Waals surface area (Å²) in [5, 5.41) is 13.0. The second kappa shape index (κ2) is 12.9. The Hall–Kier alpha value is -4.88. The molecule has 0 bridgehead atoms. The maximum absolute atomic E-state index is 4.96. The zero-order valence-corrected chi connectivity index (χ0v) is 33.5. The molecule has 1 atom stereocenters. The minimum atomic E-state index is -2.57. The number of anilines is 4. The molecule has 6 aromatic carbocycles. The summed E-state index contributed by atoms with van der Waals surface area (Å²) in [7, 11) is 1.18. The van der Waals surface area contributed by atoms with E-state index in [2.05, 4.69) is 180 Å². The van der Waals surface area contributed by atoms with Gasteiger partial charge in [-0.15, -0.1) is 0 Å². The van der Waals surface area contributed by atoms with Crippen molar-refractivity contribution < 1.29 is 0 Å². The average molecular weight is 729 g/mol. The van der Waals surface area contributed by atoms with Crippen LogP contribution in [0.4, 0.5) is 22.7 Å². The van der Waals surface area contributed by atoms with Crippen LogP contribution in [0.3, 0.4) is 0 Å². The molecule has 53 heavy (non-hydrogen) atoms. The zero-order valence-electron chi connectivity index (χ0n) is 31.6. The summed E-state index contributed by atoms with van der Waals surface area (Å²) < 4.78 is 0. The molecule has 0 saturated heterocycles. The van der Waals surface area contributed by atoms with E-state index >= 15 is 0 Å². The molecule has 1 aliphatic rings. The van der Waals surface area contributed by atoms with Gasteiger partial charge in [0.1, 0.15) is 0 Å². The maximum atomic E-state index is 4.96. The fourth-order valence-electron chi connectivity index (χ4n) is 8.67. The Balaban J connectivity index is 1.50. The summed E-state index contributed by atoms with van der Waals surface area (Å²) in [5.74, 6) is 0. The number of pyridine rings is 2. The molecular weight excluding hydrogens is 682 g/mol. The number of fused-ring (bicyclic) bond motifs is 8. The van der Waals surface area contributed by atoms with Crippen molar-refractivity contribution in [2.24, 2.45) is 0 Å². The van der Waals surface area contributed by atoms with Crippen molar-refractivity contribution in [3.05, 3.63) is 134 Å². The molecule has 6 heteroatoms. The van der Waals surface area contributed by atoms with E-state index in [1.807, 2.05) is 12.4 Å². The molecule has 0 spiro atoms. The molecule has 3 heterocycles. The molecule has 8 aromatic rings. The third kappa shape index (κ3) is 5.41. The van der Waals surface area contributed by atoms with E-state index < -0.39 is 15.2 Å². The predicted octanol–water partition coefficient (Wildman–Crippen LogP) is 10.5. The quantitative estimate of drug-likeness (QED) is 0.166. The number of rotatable bonds is 2. The first kappa shape index (κ1) is 33.9. The van der Waals surface area contributed by atoms with Gasteiger partial charge in [0, 0.05) is 0 Å². The van der Waals surface area contributed by atoms with Crippen LogP contribution in [0.1, 0.15) is 27.7 Å². The van der Waals surface area contributed by atoms with Gasteiger partial charge < -0.3 is 0 Å². The zero-order chi connectivity index (χ0) is 36.6. The Morgan fingerprint density at radius 3 is 1.45 bits per heavy atom. The van der Waals surface area contributed by atoms with Gasteiger partial charge in [-0.25, -0.2) is 0 Å². The Labute approximate surface area is 314 Å². The van der Waals surface area contributed by atoms with Crippen molar-refractivity contribution in [1.29, 1.82) is 0 Å². The standard InChI is InChI=1S/C47H46N4P2/c1-30(2)52-44-26-34-16-10-8-14-32(34)22-40(44)50(5)42-23-33-15-9-11-17-35(33)27-46(42)53(7,31(3)4)47-29-39-37(19-13-21-49-39)25-43(47)51(6)41-24-36-18-12-20-48-38(36)28-45(41)52/h8-31,53H,1-7H3. The van der Waals surface area contributed by atoms with E-state index in [9.17, 15) is 0 Å². The van der Waals surface area contributed by atoms with Crippen molar-refractivity contribution >= 4 is 103 Å². The summed E-state index contributed by atoms with van der Waals surface area (Å²) >= 11 is 0. The van der Waals surface area contributed by atoms with Crippen molar-refractivity contribution in [1.82, 2.24) is 9.97 Å². The van der Waals surface area contributed by atoms with Gasteiger partial charge in [0.2, 0.25) is 0 Å². The molecule has 4 nitrogen and oxygen atoms in total. The Morgan fingerprint density at radius 1 is 0.491 bits per heavy atom. The van der Waals surface area contributed by atoms with E-state index in [4.69, 9.17) is 9.97 Å². The molecule has 1 unspecified atom stereocenters. The first-order chi connectivity index (χ1) is 25.6. The Morgan fingerprint density at radius 2 is 0.906 bits per heavy atom. The molecule has 1 aliphatic heterocycles. The first-order valence-electron chi connectivity index (χ1n) is 18.7. The molecule has 0 N–H and O–H groups in total. The van der Waals surface area contributed by atoms with E-state index in [-0.39, 0.29) is 0 Å². The van der Waals surface area contributed by atoms with Crippen molar-refractivity contribution in [3.8, 4) is 0 Å². The fraction of sp³-hybridized carbons (Fsp3) is 0.191. The van der Waals surface area contributed by atoms with Gasteiger partial charge in [-0.3, -0.25) is 0 Å². The molecule has 264 valence electrons. The van der Waals surface area contributed by atoms with Gasteiger partial charge >= 0.3 is 316 Å². The van der Waals surface area contributed by atoms with E-state index in [1.54, 1.807) is 0 Å². The summed E-state index contributed by atoms with van der Waals surface area (Å²) in [6, 6.07) is 45.9. The average Bonchev–Trinajstić information content (AvgIpc) is 3.18. The van der Waals surface area contributed by atoms with Gasteiger partial charge in [-0.2, -0.15) is 0 Å². The number of hydrogen-bond donors (Lipinski definition) is 0.